The second-order valence-corrected chi connectivity index (χ2v) is 6.10. The number of carbonyl (C=O) groups is 2. The smallest absolute Gasteiger partial charge is 0.338 e. The number of Topliss-reactive ketones (excluding diaryl/α,β-unsaturated/α-hetero) is 1. The number of hydrogen-bond donors (Lipinski definition) is 0. The van der Waals surface area contributed by atoms with Gasteiger partial charge in [0.1, 0.15) is 0 Å². The van der Waals surface area contributed by atoms with Gasteiger partial charge in [-0.2, -0.15) is 0 Å². The Labute approximate surface area is 164 Å². The van der Waals surface area contributed by atoms with Gasteiger partial charge >= 0.3 is 5.97 Å². The highest BCUT2D eigenvalue weighted by atomic mass is 16.5. The Bertz CT molecular complexity index is 872. The first-order valence-corrected chi connectivity index (χ1v) is 8.65. The molecule has 7 nitrogen and oxygen atoms in total. The van der Waals surface area contributed by atoms with Crippen LogP contribution in [0, 0.1) is 13.8 Å². The zero-order valence-corrected chi connectivity index (χ0v) is 16.8. The molecule has 2 aromatic rings. The molecule has 0 radical (unpaired) electrons. The first kappa shape index (κ1) is 21.1. The summed E-state index contributed by atoms with van der Waals surface area (Å²) in [6.45, 7) is 7.73. The molecule has 1 aromatic carbocycles. The zero-order valence-electron chi connectivity index (χ0n) is 16.8. The van der Waals surface area contributed by atoms with E-state index in [1.54, 1.807) is 12.1 Å². The summed E-state index contributed by atoms with van der Waals surface area (Å²) in [4.78, 5) is 25.0. The van der Waals surface area contributed by atoms with Gasteiger partial charge in [0.15, 0.2) is 18.1 Å². The average molecular weight is 387 g/mol. The van der Waals surface area contributed by atoms with E-state index in [1.165, 1.54) is 33.5 Å². The summed E-state index contributed by atoms with van der Waals surface area (Å²) in [6.07, 6.45) is 1.76. The molecule has 0 saturated carbocycles. The molecular formula is C21H25NO6. The number of allylic oxidation sites excluding steroid dienone is 1. The second-order valence-electron chi connectivity index (χ2n) is 6.10. The summed E-state index contributed by atoms with van der Waals surface area (Å²) in [7, 11) is 4.38. The van der Waals surface area contributed by atoms with Gasteiger partial charge in [-0.3, -0.25) is 4.79 Å². The molecule has 1 aromatic heterocycles. The fourth-order valence-corrected chi connectivity index (χ4v) is 2.98. The molecule has 0 spiro atoms. The maximum Gasteiger partial charge on any atom is 0.338 e. The number of methoxy groups -OCH3 is 3. The topological polar surface area (TPSA) is 76.0 Å². The van der Waals surface area contributed by atoms with Gasteiger partial charge in [0.05, 0.1) is 26.9 Å². The number of aromatic nitrogens is 1. The quantitative estimate of drug-likeness (QED) is 0.373. The predicted octanol–water partition coefficient (Wildman–Crippen LogP) is 3.36. The molecule has 0 aliphatic carbocycles. The van der Waals surface area contributed by atoms with Crippen molar-refractivity contribution in [2.24, 2.45) is 0 Å². The average Bonchev–Trinajstić information content (AvgIpc) is 2.99. The predicted molar refractivity (Wildman–Crippen MR) is 105 cm³/mol. The monoisotopic (exact) mass is 387 g/mol. The van der Waals surface area contributed by atoms with Crippen LogP contribution >= 0.6 is 0 Å². The van der Waals surface area contributed by atoms with Gasteiger partial charge in [0.25, 0.3) is 0 Å². The lowest BCUT2D eigenvalue weighted by molar-refractivity contribution is 0.0474. The van der Waals surface area contributed by atoms with Crippen molar-refractivity contribution in [3.8, 4) is 17.2 Å². The fourth-order valence-electron chi connectivity index (χ4n) is 2.98. The van der Waals surface area contributed by atoms with Gasteiger partial charge in [-0.15, -0.1) is 6.58 Å². The Hall–Kier alpha value is -3.22. The molecule has 0 aliphatic heterocycles. The Balaban J connectivity index is 2.17. The number of esters is 1. The van der Waals surface area contributed by atoms with Gasteiger partial charge in [0, 0.05) is 23.5 Å². The van der Waals surface area contributed by atoms with Crippen LogP contribution in [0.25, 0.3) is 0 Å². The van der Waals surface area contributed by atoms with Crippen LogP contribution in [-0.2, 0) is 11.3 Å². The fraction of sp³-hybridized carbons (Fsp3) is 0.333. The van der Waals surface area contributed by atoms with Crippen LogP contribution in [0.2, 0.25) is 0 Å². The third kappa shape index (κ3) is 4.19. The largest absolute Gasteiger partial charge is 0.493 e. The third-order valence-electron chi connectivity index (χ3n) is 4.42. The normalized spacial score (nSPS) is 10.3. The number of carbonyl (C=O) groups excluding carboxylic acids is 2. The molecule has 0 amide bonds. The number of rotatable bonds is 9. The SMILES string of the molecule is C=CCn1c(C)cc(C(=O)COC(=O)c2cc(OC)c(OC)c(OC)c2)c1C. The van der Waals surface area contributed by atoms with E-state index in [0.29, 0.717) is 29.4 Å². The van der Waals surface area contributed by atoms with Gasteiger partial charge in [0.2, 0.25) is 11.5 Å². The zero-order chi connectivity index (χ0) is 20.8. The number of ether oxygens (including phenoxy) is 4. The minimum absolute atomic E-state index is 0.194. The molecule has 0 N–H and O–H groups in total. The summed E-state index contributed by atoms with van der Waals surface area (Å²) in [6, 6.07) is 4.74. The molecule has 0 bridgehead atoms. The van der Waals surface area contributed by atoms with Crippen LogP contribution in [-0.4, -0.2) is 44.3 Å². The molecule has 150 valence electrons. The molecule has 0 unspecified atom stereocenters. The Morgan fingerprint density at radius 2 is 1.64 bits per heavy atom. The molecule has 0 saturated heterocycles. The Morgan fingerprint density at radius 3 is 2.14 bits per heavy atom. The van der Waals surface area contributed by atoms with E-state index < -0.39 is 5.97 Å². The summed E-state index contributed by atoms with van der Waals surface area (Å²) < 4.78 is 22.9. The first-order chi connectivity index (χ1) is 13.4. The molecule has 28 heavy (non-hydrogen) atoms. The first-order valence-electron chi connectivity index (χ1n) is 8.65. The number of ketones is 1. The van der Waals surface area contributed by atoms with Crippen LogP contribution in [0.3, 0.4) is 0 Å². The molecular weight excluding hydrogens is 362 g/mol. The number of benzene rings is 1. The van der Waals surface area contributed by atoms with Crippen LogP contribution in [0.5, 0.6) is 17.2 Å². The minimum Gasteiger partial charge on any atom is -0.493 e. The van der Waals surface area contributed by atoms with Crippen LogP contribution in [0.15, 0.2) is 30.9 Å². The third-order valence-corrected chi connectivity index (χ3v) is 4.42. The van der Waals surface area contributed by atoms with Crippen molar-refractivity contribution in [2.45, 2.75) is 20.4 Å². The van der Waals surface area contributed by atoms with Crippen molar-refractivity contribution >= 4 is 11.8 Å². The molecule has 0 fully saturated rings. The van der Waals surface area contributed by atoms with E-state index in [2.05, 4.69) is 6.58 Å². The van der Waals surface area contributed by atoms with Crippen molar-refractivity contribution in [2.75, 3.05) is 27.9 Å². The van der Waals surface area contributed by atoms with E-state index in [9.17, 15) is 9.59 Å². The maximum atomic E-state index is 12.5. The highest BCUT2D eigenvalue weighted by molar-refractivity contribution is 6.00. The maximum absolute atomic E-state index is 12.5. The summed E-state index contributed by atoms with van der Waals surface area (Å²) in [5.41, 5.74) is 2.47. The number of nitrogens with zero attached hydrogens (tertiary/aromatic N) is 1. The van der Waals surface area contributed by atoms with Crippen LogP contribution < -0.4 is 14.2 Å². The van der Waals surface area contributed by atoms with Gasteiger partial charge in [-0.05, 0) is 32.0 Å². The van der Waals surface area contributed by atoms with E-state index in [-0.39, 0.29) is 18.0 Å². The van der Waals surface area contributed by atoms with Crippen molar-refractivity contribution in [3.05, 3.63) is 53.4 Å². The van der Waals surface area contributed by atoms with Crippen LogP contribution in [0.4, 0.5) is 0 Å². The van der Waals surface area contributed by atoms with Crippen molar-refractivity contribution < 1.29 is 28.5 Å². The van der Waals surface area contributed by atoms with Gasteiger partial charge in [-0.1, -0.05) is 6.08 Å². The van der Waals surface area contributed by atoms with Crippen molar-refractivity contribution in [3.63, 3.8) is 0 Å². The lowest BCUT2D eigenvalue weighted by Gasteiger charge is -2.13. The van der Waals surface area contributed by atoms with E-state index in [4.69, 9.17) is 18.9 Å². The highest BCUT2D eigenvalue weighted by Crippen LogP contribution is 2.38. The summed E-state index contributed by atoms with van der Waals surface area (Å²) in [5, 5.41) is 0. The lowest BCUT2D eigenvalue weighted by atomic mass is 10.1. The van der Waals surface area contributed by atoms with E-state index in [1.807, 2.05) is 18.4 Å². The Kier molecular flexibility index (Phi) is 6.87. The second kappa shape index (κ2) is 9.12. The molecule has 0 atom stereocenters. The minimum atomic E-state index is -0.660. The molecule has 0 aliphatic rings. The van der Waals surface area contributed by atoms with Gasteiger partial charge < -0.3 is 23.5 Å². The standard InChI is InChI=1S/C21H25NO6/c1-7-8-22-13(2)9-16(14(22)3)17(23)12-28-21(24)15-10-18(25-4)20(27-6)19(11-15)26-5/h7,9-11H,1,8,12H2,2-6H3. The number of hydrogen-bond acceptors (Lipinski definition) is 6. The molecule has 2 rings (SSSR count). The van der Waals surface area contributed by atoms with Gasteiger partial charge in [-0.25, -0.2) is 4.79 Å². The summed E-state index contributed by atoms with van der Waals surface area (Å²) in [5.74, 6) is 0.0881. The number of aryl methyl sites for hydroxylation is 1. The molecule has 7 heteroatoms. The molecule has 1 heterocycles. The van der Waals surface area contributed by atoms with E-state index >= 15 is 0 Å². The van der Waals surface area contributed by atoms with E-state index in [0.717, 1.165) is 11.4 Å². The van der Waals surface area contributed by atoms with Crippen molar-refractivity contribution in [1.82, 2.24) is 4.57 Å². The highest BCUT2D eigenvalue weighted by Gasteiger charge is 2.20. The summed E-state index contributed by atoms with van der Waals surface area (Å²) >= 11 is 0. The van der Waals surface area contributed by atoms with Crippen molar-refractivity contribution in [1.29, 1.82) is 0 Å². The lowest BCUT2D eigenvalue weighted by Crippen LogP contribution is -2.15. The van der Waals surface area contributed by atoms with Crippen LogP contribution in [0.1, 0.15) is 32.1 Å². The Morgan fingerprint density at radius 1 is 1.04 bits per heavy atom.